The summed E-state index contributed by atoms with van der Waals surface area (Å²) < 4.78 is 117. The number of carbonyl (C=O) groups is 2. The lowest BCUT2D eigenvalue weighted by molar-refractivity contribution is -0.411. The fourth-order valence-electron chi connectivity index (χ4n) is 16.1. The zero-order chi connectivity index (χ0) is 94.4. The van der Waals surface area contributed by atoms with Crippen LogP contribution in [0.25, 0.3) is 0 Å². The van der Waals surface area contributed by atoms with E-state index in [0.29, 0.717) is 0 Å². The number of hydrogen-bond acceptors (Lipinski definition) is 56. The van der Waals surface area contributed by atoms with Gasteiger partial charge in [0.15, 0.2) is 62.9 Å². The van der Waals surface area contributed by atoms with E-state index < -0.39 is 422 Å². The van der Waals surface area contributed by atoms with Gasteiger partial charge < -0.3 is 279 Å². The molecule has 0 bridgehead atoms. The summed E-state index contributed by atoms with van der Waals surface area (Å²) in [6, 6.07) is -3.76. The topological polar surface area (TPSA) is 931 Å². The molecule has 10 aliphatic heterocycles. The van der Waals surface area contributed by atoms with Crippen LogP contribution in [0.4, 0.5) is 0 Å². The minimum absolute atomic E-state index is 0.847. The van der Waals surface area contributed by atoms with Gasteiger partial charge in [-0.25, -0.2) is 0 Å². The molecule has 0 aromatic rings. The monoisotopic (exact) mass is 1880 g/mol. The molecule has 10 fully saturated rings. The molecule has 0 radical (unpaired) electrons. The van der Waals surface area contributed by atoms with Gasteiger partial charge >= 0.3 is 0 Å². The predicted molar refractivity (Wildman–Crippen MR) is 388 cm³/mol. The highest BCUT2D eigenvalue weighted by Crippen LogP contribution is 2.41. The molecule has 58 heteroatoms. The van der Waals surface area contributed by atoms with Crippen molar-refractivity contribution in [3.8, 4) is 0 Å². The van der Waals surface area contributed by atoms with E-state index >= 15 is 0 Å². The Morgan fingerprint density at radius 3 is 0.898 bits per heavy atom. The van der Waals surface area contributed by atoms with Crippen LogP contribution in [-0.4, -0.2) is 596 Å². The quantitative estimate of drug-likeness (QED) is 0.0275. The number of amides is 2. The standard InChI is InChI=1S/C70H120N2O56/c1-15(83)71-17(3-73)30(86)53(18(85)4-74)121-61-29(72-16(2)84)40(96)54(26(12-82)118-61)122-67-52(108)57(125-69-60(46(102)36(92)23(9-79)116-69)128-70-59(45(101)35(91)24(10-80)117-70)127-66-51(107)55(37(93)25(11-81)114-66)123-63-47(103)41(97)31(87)19(5-75)111-63)39(95)28(120-67)13-109-62-50(106)56(124-64-48(104)42(98)32(88)20(6-76)112-64)38(94)27(119-62)14-110-68-58(44(100)34(90)22(8-78)115-68)126-65-49(105)43(99)33(89)21(7-77)113-65/h17-70,73-82,85-108H,3-14H2,1-2H3,(H,71,83)(H,72,84)/t17-,18+,19+,20+,21+,22+,23+,24+,25+,26+,27+,28+,29+,30+,31+,32+,33+,34+,35+,36+,37+,38+,39+,40+,41-,42-,43-,44-,45-,46-,47+,48-,49-,50-,51-,52-,53+,54+,55-,56-,57-,58-,59-,60-,61-,62-,63+,64+,65+,66+,67-,68-,69+,70+/m0/s1. The van der Waals surface area contributed by atoms with Crippen molar-refractivity contribution in [3.63, 3.8) is 0 Å². The summed E-state index contributed by atoms with van der Waals surface area (Å²) in [5.74, 6) is -1.88. The predicted octanol–water partition coefficient (Wildman–Crippen LogP) is -25.1. The first-order chi connectivity index (χ1) is 60.6. The van der Waals surface area contributed by atoms with Crippen LogP contribution in [0.5, 0.6) is 0 Å². The lowest BCUT2D eigenvalue weighted by Gasteiger charge is -2.51. The molecule has 128 heavy (non-hydrogen) atoms. The zero-order valence-electron chi connectivity index (χ0n) is 67.8. The van der Waals surface area contributed by atoms with Gasteiger partial charge in [-0.15, -0.1) is 0 Å². The van der Waals surface area contributed by atoms with Gasteiger partial charge in [0.05, 0.1) is 85.3 Å². The Hall–Kier alpha value is -3.22. The Morgan fingerprint density at radius 2 is 0.539 bits per heavy atom. The smallest absolute Gasteiger partial charge is 0.217 e. The number of hydrogen-bond donors (Lipinski definition) is 36. The van der Waals surface area contributed by atoms with E-state index in [-0.39, 0.29) is 0 Å². The van der Waals surface area contributed by atoms with E-state index in [1.54, 1.807) is 0 Å². The van der Waals surface area contributed by atoms with Crippen LogP contribution >= 0.6 is 0 Å². The fourth-order valence-corrected chi connectivity index (χ4v) is 16.1. The van der Waals surface area contributed by atoms with Crippen LogP contribution in [0.3, 0.4) is 0 Å². The Kier molecular flexibility index (Phi) is 39.4. The summed E-state index contributed by atoms with van der Waals surface area (Å²) in [6.07, 6.45) is -116. The highest BCUT2D eigenvalue weighted by atomic mass is 16.8. The molecular formula is C70H120N2O56. The third-order valence-corrected chi connectivity index (χ3v) is 23.4. The number of carbonyl (C=O) groups excluding carboxylic acids is 2. The SMILES string of the molecule is CC(=O)N[C@H]1[C@H](O[C@@H]([C@H](O)[C@H](CO)NC(C)=O)[C@H](O)CO)O[C@H](CO)[C@@H](O[C@@H]2O[C@H](CO[C@H]3O[C@H](CO[C@H]4O[C@H](CO)[C@@H](O)[C@H](O)[C@@H]4O[C@H]4O[C@H](CO)[C@@H](O)[C@H](O)[C@@H]4O)[C@@H](O)[C@H](O[C@H]4O[C@H](CO)[C@@H](O)[C@H](O)[C@@H]4O)[C@@H]3O)[C@@H](O)[C@H](O[C@H]3O[C@H](CO)[C@@H](O)[C@H](O)[C@@H]3O[C@H]3O[C@H](CO)[C@@H](O)[C@H](O)[C@@H]3O[C@H]3O[C@H](CO)[C@@H](O)[C@H](O[C@H]4O[C@H](CO)[C@@H](O)[C@H](O)[C@H]4O)[C@@H]3O)[C@@H]2O)[C@@H]1O. The second-order valence-corrected chi connectivity index (χ2v) is 32.1. The van der Waals surface area contributed by atoms with Crippen molar-refractivity contribution >= 4 is 11.8 Å². The normalized spacial score (nSPS) is 49.1. The number of ether oxygens (including phenoxy) is 20. The summed E-state index contributed by atoms with van der Waals surface area (Å²) in [7, 11) is 0. The van der Waals surface area contributed by atoms with E-state index in [0.717, 1.165) is 13.8 Å². The molecule has 10 heterocycles. The average molecular weight is 1890 g/mol. The van der Waals surface area contributed by atoms with Crippen molar-refractivity contribution in [2.24, 2.45) is 0 Å². The summed E-state index contributed by atoms with van der Waals surface area (Å²) in [5, 5.41) is 382. The highest BCUT2D eigenvalue weighted by Gasteiger charge is 2.62. The molecule has 0 saturated carbocycles. The first-order valence-electron chi connectivity index (χ1n) is 40.6. The lowest BCUT2D eigenvalue weighted by Crippen LogP contribution is -2.70. The lowest BCUT2D eigenvalue weighted by atomic mass is 9.94. The molecule has 54 atom stereocenters. The molecule has 0 spiro atoms. The Labute approximate surface area is 723 Å². The molecule has 58 nitrogen and oxygen atoms in total. The van der Waals surface area contributed by atoms with Crippen LogP contribution in [0.15, 0.2) is 0 Å². The van der Waals surface area contributed by atoms with Crippen LogP contribution in [0.2, 0.25) is 0 Å². The van der Waals surface area contributed by atoms with Gasteiger partial charge in [-0.2, -0.15) is 0 Å². The third-order valence-electron chi connectivity index (χ3n) is 23.4. The van der Waals surface area contributed by atoms with Crippen molar-refractivity contribution in [2.45, 2.75) is 345 Å². The molecule has 10 saturated heterocycles. The Morgan fingerprint density at radius 1 is 0.266 bits per heavy atom. The van der Waals surface area contributed by atoms with Gasteiger partial charge in [0.2, 0.25) is 11.8 Å². The molecule has 0 aliphatic carbocycles. The van der Waals surface area contributed by atoms with E-state index in [1.165, 1.54) is 0 Å². The third kappa shape index (κ3) is 23.4. The number of aliphatic hydroxyl groups excluding tert-OH is 34. The highest BCUT2D eigenvalue weighted by molar-refractivity contribution is 5.73. The minimum Gasteiger partial charge on any atom is -0.394 e. The van der Waals surface area contributed by atoms with E-state index in [1.807, 2.05) is 0 Å². The van der Waals surface area contributed by atoms with Crippen LogP contribution in [-0.2, 0) is 104 Å². The molecular weight excluding hydrogens is 1760 g/mol. The second-order valence-electron chi connectivity index (χ2n) is 32.1. The Balaban J connectivity index is 1.01. The maximum atomic E-state index is 13.1. The van der Waals surface area contributed by atoms with E-state index in [9.17, 15) is 183 Å². The summed E-state index contributed by atoms with van der Waals surface area (Å²) in [5.41, 5.74) is 0. The molecule has 746 valence electrons. The number of aliphatic hydroxyl groups is 34. The summed E-state index contributed by atoms with van der Waals surface area (Å²) >= 11 is 0. The van der Waals surface area contributed by atoms with Crippen molar-refractivity contribution in [1.82, 2.24) is 10.6 Å². The minimum atomic E-state index is -2.72. The van der Waals surface area contributed by atoms with Gasteiger partial charge in [0.25, 0.3) is 0 Å². The fraction of sp³-hybridized carbons (Fsp3) is 0.971. The largest absolute Gasteiger partial charge is 0.394 e. The number of nitrogens with one attached hydrogen (secondary N) is 2. The van der Waals surface area contributed by atoms with Crippen LogP contribution in [0.1, 0.15) is 13.8 Å². The van der Waals surface area contributed by atoms with Gasteiger partial charge in [0.1, 0.15) is 262 Å². The van der Waals surface area contributed by atoms with Gasteiger partial charge in [0, 0.05) is 13.8 Å². The van der Waals surface area contributed by atoms with Crippen molar-refractivity contribution in [3.05, 3.63) is 0 Å². The average Bonchev–Trinajstić information content (AvgIpc) is 0.763. The molecule has 10 aliphatic rings. The molecule has 0 unspecified atom stereocenters. The van der Waals surface area contributed by atoms with Crippen LogP contribution in [0, 0.1) is 0 Å². The van der Waals surface area contributed by atoms with Crippen LogP contribution < -0.4 is 10.6 Å². The maximum Gasteiger partial charge on any atom is 0.217 e. The first-order valence-corrected chi connectivity index (χ1v) is 40.6. The second kappa shape index (κ2) is 47.2. The number of rotatable bonds is 37. The van der Waals surface area contributed by atoms with Gasteiger partial charge in [-0.05, 0) is 0 Å². The molecule has 10 rings (SSSR count). The van der Waals surface area contributed by atoms with Crippen molar-refractivity contribution in [1.29, 1.82) is 0 Å². The summed E-state index contributed by atoms with van der Waals surface area (Å²) in [4.78, 5) is 25.2. The molecule has 36 N–H and O–H groups in total. The maximum absolute atomic E-state index is 13.1. The van der Waals surface area contributed by atoms with E-state index in [2.05, 4.69) is 10.6 Å². The molecule has 0 aromatic heterocycles. The molecule has 2 amide bonds. The van der Waals surface area contributed by atoms with Crippen molar-refractivity contribution < 1.29 is 278 Å². The van der Waals surface area contributed by atoms with Gasteiger partial charge in [-0.3, -0.25) is 9.59 Å². The molecule has 0 aromatic carbocycles. The summed E-state index contributed by atoms with van der Waals surface area (Å²) in [6.45, 7) is -12.2. The van der Waals surface area contributed by atoms with Crippen molar-refractivity contribution in [2.75, 3.05) is 79.3 Å². The van der Waals surface area contributed by atoms with Gasteiger partial charge in [-0.1, -0.05) is 0 Å². The Bertz CT molecular complexity index is 3330. The first kappa shape index (κ1) is 107. The van der Waals surface area contributed by atoms with E-state index in [4.69, 9.17) is 94.7 Å². The zero-order valence-corrected chi connectivity index (χ0v) is 67.8.